The van der Waals surface area contributed by atoms with Crippen LogP contribution in [0.2, 0.25) is 0 Å². The maximum Gasteiger partial charge on any atom is 0.104 e. The van der Waals surface area contributed by atoms with Crippen molar-refractivity contribution < 1.29 is 9.84 Å². The summed E-state index contributed by atoms with van der Waals surface area (Å²) in [5.41, 5.74) is 0.686. The molecule has 20 heavy (non-hydrogen) atoms. The van der Waals surface area contributed by atoms with Crippen molar-refractivity contribution in [2.24, 2.45) is 0 Å². The van der Waals surface area contributed by atoms with E-state index in [0.717, 1.165) is 25.0 Å². The van der Waals surface area contributed by atoms with Crippen LogP contribution < -0.4 is 0 Å². The van der Waals surface area contributed by atoms with E-state index in [4.69, 9.17) is 4.74 Å². The van der Waals surface area contributed by atoms with Gasteiger partial charge in [-0.3, -0.25) is 4.98 Å². The highest BCUT2D eigenvalue weighted by Crippen LogP contribution is 2.54. The number of hydrogen-bond donors (Lipinski definition) is 1. The van der Waals surface area contributed by atoms with E-state index in [-0.39, 0.29) is 11.5 Å². The monoisotopic (exact) mass is 275 g/mol. The lowest BCUT2D eigenvalue weighted by molar-refractivity contribution is -0.137. The molecule has 2 aliphatic rings. The van der Waals surface area contributed by atoms with Crippen LogP contribution >= 0.6 is 0 Å². The second kappa shape index (κ2) is 4.28. The van der Waals surface area contributed by atoms with Gasteiger partial charge in [0.15, 0.2) is 0 Å². The van der Waals surface area contributed by atoms with Crippen LogP contribution in [0.3, 0.4) is 0 Å². The third-order valence-electron chi connectivity index (χ3n) is 5.04. The molecule has 2 unspecified atom stereocenters. The van der Waals surface area contributed by atoms with Crippen molar-refractivity contribution in [1.29, 1.82) is 0 Å². The average Bonchev–Trinajstić information content (AvgIpc) is 2.53. The molecule has 3 nitrogen and oxygen atoms in total. The minimum atomic E-state index is -0.847. The predicted molar refractivity (Wildman–Crippen MR) is 78.7 cm³/mol. The molecule has 0 amide bonds. The van der Waals surface area contributed by atoms with Gasteiger partial charge in [-0.25, -0.2) is 0 Å². The lowest BCUT2D eigenvalue weighted by Gasteiger charge is -2.43. The maximum atomic E-state index is 11.5. The fraction of sp³-hybridized carbons (Fsp3) is 0.706. The van der Waals surface area contributed by atoms with Crippen LogP contribution in [0.1, 0.15) is 64.1 Å². The first-order valence-electron chi connectivity index (χ1n) is 7.62. The highest BCUT2D eigenvalue weighted by Gasteiger charge is 2.60. The summed E-state index contributed by atoms with van der Waals surface area (Å²) in [6.07, 6.45) is 5.67. The van der Waals surface area contributed by atoms with E-state index < -0.39 is 11.2 Å². The fourth-order valence-electron chi connectivity index (χ4n) is 4.29. The van der Waals surface area contributed by atoms with Crippen LogP contribution in [0.5, 0.6) is 0 Å². The number of aromatic nitrogens is 1. The lowest BCUT2D eigenvalue weighted by atomic mass is 9.67. The van der Waals surface area contributed by atoms with Crippen molar-refractivity contribution in [2.75, 3.05) is 0 Å². The minimum absolute atomic E-state index is 0.0734. The number of rotatable bonds is 1. The molecule has 110 valence electrons. The smallest absolute Gasteiger partial charge is 0.104 e. The molecular formula is C17H25NO2. The summed E-state index contributed by atoms with van der Waals surface area (Å²) >= 11 is 0. The van der Waals surface area contributed by atoms with Gasteiger partial charge in [0.1, 0.15) is 5.60 Å². The second-order valence-electron chi connectivity index (χ2n) is 7.47. The molecule has 2 atom stereocenters. The van der Waals surface area contributed by atoms with Gasteiger partial charge in [-0.05, 0) is 58.6 Å². The Bertz CT molecular complexity index is 523. The van der Waals surface area contributed by atoms with E-state index in [0.29, 0.717) is 6.42 Å². The van der Waals surface area contributed by atoms with Gasteiger partial charge in [0.25, 0.3) is 0 Å². The first-order chi connectivity index (χ1) is 9.25. The Balaban J connectivity index is 2.05. The van der Waals surface area contributed by atoms with Crippen molar-refractivity contribution in [3.63, 3.8) is 0 Å². The average molecular weight is 275 g/mol. The number of aryl methyl sites for hydroxylation is 1. The largest absolute Gasteiger partial charge is 0.386 e. The highest BCUT2D eigenvalue weighted by molar-refractivity contribution is 5.31. The van der Waals surface area contributed by atoms with Crippen LogP contribution in [0.25, 0.3) is 0 Å². The van der Waals surface area contributed by atoms with Gasteiger partial charge in [0, 0.05) is 24.2 Å². The molecule has 1 fully saturated rings. The molecule has 0 bridgehead atoms. The molecule has 1 N–H and O–H groups in total. The Kier molecular flexibility index (Phi) is 3.00. The van der Waals surface area contributed by atoms with Crippen LogP contribution in [0, 0.1) is 0 Å². The molecule has 1 aromatic rings. The van der Waals surface area contributed by atoms with Gasteiger partial charge in [-0.15, -0.1) is 0 Å². The molecule has 1 aromatic heterocycles. The normalized spacial score (nSPS) is 34.8. The van der Waals surface area contributed by atoms with Gasteiger partial charge in [0.05, 0.1) is 11.2 Å². The van der Waals surface area contributed by atoms with Crippen molar-refractivity contribution in [3.8, 4) is 0 Å². The molecule has 1 aliphatic heterocycles. The van der Waals surface area contributed by atoms with Crippen molar-refractivity contribution in [2.45, 2.75) is 76.1 Å². The molecule has 1 aliphatic carbocycles. The van der Waals surface area contributed by atoms with Crippen LogP contribution in [-0.4, -0.2) is 26.9 Å². The van der Waals surface area contributed by atoms with E-state index in [1.807, 2.05) is 26.1 Å². The second-order valence-corrected chi connectivity index (χ2v) is 7.47. The molecule has 0 saturated carbocycles. The number of pyridine rings is 1. The first kappa shape index (κ1) is 14.0. The highest BCUT2D eigenvalue weighted by atomic mass is 16.5. The number of nitrogens with zero attached hydrogens (tertiary/aromatic N) is 1. The molecule has 3 heteroatoms. The molecule has 2 heterocycles. The third kappa shape index (κ3) is 1.99. The fourth-order valence-corrected chi connectivity index (χ4v) is 4.29. The molecule has 0 spiro atoms. The van der Waals surface area contributed by atoms with Crippen molar-refractivity contribution in [1.82, 2.24) is 4.98 Å². The number of aliphatic hydroxyl groups is 1. The van der Waals surface area contributed by atoms with E-state index in [1.165, 1.54) is 5.56 Å². The SMILES string of the molecule is CC1(C)CC(O)(C2CCCc3cccnc32)C(C)(C)O1. The Labute approximate surface area is 121 Å². The summed E-state index contributed by atoms with van der Waals surface area (Å²) in [7, 11) is 0. The van der Waals surface area contributed by atoms with Gasteiger partial charge in [0.2, 0.25) is 0 Å². The maximum absolute atomic E-state index is 11.5. The lowest BCUT2D eigenvalue weighted by Crippen LogP contribution is -2.51. The third-order valence-corrected chi connectivity index (χ3v) is 5.04. The number of hydrogen-bond acceptors (Lipinski definition) is 3. The summed E-state index contributed by atoms with van der Waals surface area (Å²) in [5.74, 6) is 0.0734. The first-order valence-corrected chi connectivity index (χ1v) is 7.62. The van der Waals surface area contributed by atoms with Gasteiger partial charge in [-0.2, -0.15) is 0 Å². The Hall–Kier alpha value is -0.930. The Morgan fingerprint density at radius 1 is 1.30 bits per heavy atom. The Morgan fingerprint density at radius 3 is 2.70 bits per heavy atom. The number of ether oxygens (including phenoxy) is 1. The van der Waals surface area contributed by atoms with E-state index in [1.54, 1.807) is 0 Å². The summed E-state index contributed by atoms with van der Waals surface area (Å²) in [6, 6.07) is 4.14. The van der Waals surface area contributed by atoms with Crippen LogP contribution in [-0.2, 0) is 11.2 Å². The van der Waals surface area contributed by atoms with E-state index >= 15 is 0 Å². The van der Waals surface area contributed by atoms with Gasteiger partial charge >= 0.3 is 0 Å². The van der Waals surface area contributed by atoms with Gasteiger partial charge in [-0.1, -0.05) is 6.07 Å². The zero-order valence-electron chi connectivity index (χ0n) is 12.9. The molecule has 1 saturated heterocycles. The summed E-state index contributed by atoms with van der Waals surface area (Å²) < 4.78 is 6.14. The minimum Gasteiger partial charge on any atom is -0.386 e. The zero-order chi connectivity index (χ0) is 14.6. The molecule has 0 radical (unpaired) electrons. The summed E-state index contributed by atoms with van der Waals surface area (Å²) in [6.45, 7) is 8.15. The van der Waals surface area contributed by atoms with Crippen molar-refractivity contribution >= 4 is 0 Å². The van der Waals surface area contributed by atoms with Crippen LogP contribution in [0.15, 0.2) is 18.3 Å². The summed E-state index contributed by atoms with van der Waals surface area (Å²) in [5, 5.41) is 11.5. The summed E-state index contributed by atoms with van der Waals surface area (Å²) in [4.78, 5) is 4.59. The Morgan fingerprint density at radius 2 is 2.05 bits per heavy atom. The van der Waals surface area contributed by atoms with Crippen molar-refractivity contribution in [3.05, 3.63) is 29.6 Å². The molecule has 0 aromatic carbocycles. The molecule has 3 rings (SSSR count). The standard InChI is InChI=1S/C17H25NO2/c1-15(2)11-17(19,16(3,4)20-15)13-9-5-7-12-8-6-10-18-14(12)13/h6,8,10,13,19H,5,7,9,11H2,1-4H3. The van der Waals surface area contributed by atoms with E-state index in [9.17, 15) is 5.11 Å². The number of fused-ring (bicyclic) bond motifs is 1. The van der Waals surface area contributed by atoms with E-state index in [2.05, 4.69) is 24.9 Å². The zero-order valence-corrected chi connectivity index (χ0v) is 12.9. The quantitative estimate of drug-likeness (QED) is 0.855. The van der Waals surface area contributed by atoms with Crippen LogP contribution in [0.4, 0.5) is 0 Å². The topological polar surface area (TPSA) is 42.4 Å². The predicted octanol–water partition coefficient (Wildman–Crippen LogP) is 3.21. The van der Waals surface area contributed by atoms with Gasteiger partial charge < -0.3 is 9.84 Å². The molecular weight excluding hydrogens is 250 g/mol.